The van der Waals surface area contributed by atoms with E-state index in [0.29, 0.717) is 5.33 Å². The minimum absolute atomic E-state index is 0.112. The summed E-state index contributed by atoms with van der Waals surface area (Å²) in [6.07, 6.45) is 0. The Morgan fingerprint density at radius 1 is 1.20 bits per heavy atom. The number of alkyl halides is 1. The van der Waals surface area contributed by atoms with E-state index in [1.54, 1.807) is 12.1 Å². The van der Waals surface area contributed by atoms with Crippen molar-refractivity contribution >= 4 is 33.0 Å². The highest BCUT2D eigenvalue weighted by Crippen LogP contribution is 2.32. The maximum absolute atomic E-state index is 10.9. The smallest absolute Gasteiger partial charge is 0.269 e. The summed E-state index contributed by atoms with van der Waals surface area (Å²) in [5, 5.41) is 11.4. The molecule has 0 aromatic heterocycles. The zero-order valence-corrected chi connectivity index (χ0v) is 12.9. The van der Waals surface area contributed by atoms with Crippen LogP contribution in [0, 0.1) is 17.0 Å². The molecule has 5 heteroatoms. The lowest BCUT2D eigenvalue weighted by atomic mass is 10.1. The van der Waals surface area contributed by atoms with Crippen LogP contribution in [0.5, 0.6) is 0 Å². The molecule has 0 bridgehead atoms. The number of nitro groups is 1. The summed E-state index contributed by atoms with van der Waals surface area (Å²) < 4.78 is 0. The predicted molar refractivity (Wildman–Crippen MR) is 85.0 cm³/mol. The fraction of sp³-hybridized carbons (Fsp3) is 0.200. The quantitative estimate of drug-likeness (QED) is 0.467. The summed E-state index contributed by atoms with van der Waals surface area (Å²) in [7, 11) is 1.97. The minimum atomic E-state index is -0.371. The first kappa shape index (κ1) is 14.5. The minimum Gasteiger partial charge on any atom is -0.344 e. The monoisotopic (exact) mass is 334 g/mol. The van der Waals surface area contributed by atoms with Crippen LogP contribution in [0.3, 0.4) is 0 Å². The van der Waals surface area contributed by atoms with Crippen LogP contribution in [0.4, 0.5) is 17.1 Å². The van der Waals surface area contributed by atoms with Gasteiger partial charge in [0, 0.05) is 35.9 Å². The number of non-ortho nitro benzene ring substituents is 1. The maximum Gasteiger partial charge on any atom is 0.269 e. The second-order valence-corrected chi connectivity index (χ2v) is 5.11. The van der Waals surface area contributed by atoms with Crippen molar-refractivity contribution in [3.8, 4) is 0 Å². The third kappa shape index (κ3) is 2.82. The van der Waals surface area contributed by atoms with E-state index in [-0.39, 0.29) is 10.6 Å². The Morgan fingerprint density at radius 3 is 2.50 bits per heavy atom. The molecule has 0 unspecified atom stereocenters. The molecule has 0 fully saturated rings. The molecule has 0 amide bonds. The number of nitro benzene ring substituents is 1. The van der Waals surface area contributed by atoms with E-state index in [1.165, 1.54) is 6.07 Å². The highest BCUT2D eigenvalue weighted by atomic mass is 79.9. The highest BCUT2D eigenvalue weighted by molar-refractivity contribution is 9.08. The van der Waals surface area contributed by atoms with Gasteiger partial charge in [-0.05, 0) is 30.2 Å². The molecular formula is C15H15BrN2O2. The van der Waals surface area contributed by atoms with Gasteiger partial charge in [-0.25, -0.2) is 0 Å². The normalized spacial score (nSPS) is 10.3. The first-order valence-corrected chi connectivity index (χ1v) is 7.29. The Kier molecular flexibility index (Phi) is 4.39. The number of aryl methyl sites for hydroxylation is 1. The molecule has 0 heterocycles. The lowest BCUT2D eigenvalue weighted by Crippen LogP contribution is -2.12. The summed E-state index contributed by atoms with van der Waals surface area (Å²) in [6.45, 7) is 2.05. The summed E-state index contributed by atoms with van der Waals surface area (Å²) in [6, 6.07) is 13.0. The van der Waals surface area contributed by atoms with E-state index in [0.717, 1.165) is 22.5 Å². The lowest BCUT2D eigenvalue weighted by Gasteiger charge is -2.23. The molecule has 4 nitrogen and oxygen atoms in total. The Labute approximate surface area is 126 Å². The van der Waals surface area contributed by atoms with Crippen molar-refractivity contribution < 1.29 is 4.92 Å². The zero-order chi connectivity index (χ0) is 14.7. The third-order valence-corrected chi connectivity index (χ3v) is 3.86. The molecule has 0 aliphatic carbocycles. The molecule has 20 heavy (non-hydrogen) atoms. The number of rotatable bonds is 4. The van der Waals surface area contributed by atoms with Gasteiger partial charge >= 0.3 is 0 Å². The van der Waals surface area contributed by atoms with Crippen LogP contribution < -0.4 is 4.90 Å². The average molecular weight is 335 g/mol. The standard InChI is InChI=1S/C15H15BrN2O2/c1-11-5-3-4-6-14(11)17(2)15-8-7-13(18(19)20)9-12(15)10-16/h3-9H,10H2,1-2H3. The van der Waals surface area contributed by atoms with E-state index in [2.05, 4.69) is 20.8 Å². The topological polar surface area (TPSA) is 46.4 Å². The van der Waals surface area contributed by atoms with Gasteiger partial charge < -0.3 is 4.90 Å². The summed E-state index contributed by atoms with van der Waals surface area (Å²) in [4.78, 5) is 12.5. The van der Waals surface area contributed by atoms with Gasteiger partial charge in [-0.2, -0.15) is 0 Å². The molecule has 2 aromatic rings. The highest BCUT2D eigenvalue weighted by Gasteiger charge is 2.14. The number of hydrogen-bond donors (Lipinski definition) is 0. The van der Waals surface area contributed by atoms with Crippen molar-refractivity contribution in [2.45, 2.75) is 12.3 Å². The largest absolute Gasteiger partial charge is 0.344 e. The predicted octanol–water partition coefficient (Wildman–Crippen LogP) is 4.57. The van der Waals surface area contributed by atoms with Crippen molar-refractivity contribution in [2.24, 2.45) is 0 Å². The zero-order valence-electron chi connectivity index (χ0n) is 11.3. The van der Waals surface area contributed by atoms with Crippen LogP contribution in [-0.4, -0.2) is 12.0 Å². The SMILES string of the molecule is Cc1ccccc1N(C)c1ccc([N+](=O)[O-])cc1CBr. The molecule has 0 atom stereocenters. The van der Waals surface area contributed by atoms with Gasteiger partial charge in [0.25, 0.3) is 5.69 Å². The van der Waals surface area contributed by atoms with Crippen LogP contribution in [0.25, 0.3) is 0 Å². The number of halogens is 1. The maximum atomic E-state index is 10.9. The van der Waals surface area contributed by atoms with E-state index < -0.39 is 0 Å². The van der Waals surface area contributed by atoms with Crippen LogP contribution >= 0.6 is 15.9 Å². The molecule has 0 aliphatic heterocycles. The second-order valence-electron chi connectivity index (χ2n) is 4.55. The first-order valence-electron chi connectivity index (χ1n) is 6.17. The van der Waals surface area contributed by atoms with Crippen LogP contribution in [0.2, 0.25) is 0 Å². The molecule has 0 saturated heterocycles. The van der Waals surface area contributed by atoms with Gasteiger partial charge in [0.05, 0.1) is 4.92 Å². The molecule has 0 radical (unpaired) electrons. The molecule has 0 saturated carbocycles. The third-order valence-electron chi connectivity index (χ3n) is 3.26. The van der Waals surface area contributed by atoms with Crippen molar-refractivity contribution in [1.29, 1.82) is 0 Å². The number of anilines is 2. The second kappa shape index (κ2) is 6.05. The van der Waals surface area contributed by atoms with Gasteiger partial charge in [0.1, 0.15) is 0 Å². The van der Waals surface area contributed by atoms with Gasteiger partial charge in [-0.15, -0.1) is 0 Å². The van der Waals surface area contributed by atoms with Crippen molar-refractivity contribution in [3.63, 3.8) is 0 Å². The van der Waals surface area contributed by atoms with Crippen molar-refractivity contribution in [1.82, 2.24) is 0 Å². The van der Waals surface area contributed by atoms with Gasteiger partial charge in [-0.1, -0.05) is 34.1 Å². The van der Waals surface area contributed by atoms with E-state index >= 15 is 0 Å². The summed E-state index contributed by atoms with van der Waals surface area (Å²) in [5.41, 5.74) is 4.21. The van der Waals surface area contributed by atoms with Gasteiger partial charge in [0.15, 0.2) is 0 Å². The number of nitrogens with zero attached hydrogens (tertiary/aromatic N) is 2. The van der Waals surface area contributed by atoms with E-state index in [1.807, 2.05) is 38.2 Å². The van der Waals surface area contributed by atoms with Crippen LogP contribution in [-0.2, 0) is 5.33 Å². The van der Waals surface area contributed by atoms with Crippen molar-refractivity contribution in [2.75, 3.05) is 11.9 Å². The van der Waals surface area contributed by atoms with E-state index in [9.17, 15) is 10.1 Å². The number of para-hydroxylation sites is 1. The van der Waals surface area contributed by atoms with Gasteiger partial charge in [-0.3, -0.25) is 10.1 Å². The van der Waals surface area contributed by atoms with Gasteiger partial charge in [0.2, 0.25) is 0 Å². The van der Waals surface area contributed by atoms with Crippen LogP contribution in [0.1, 0.15) is 11.1 Å². The Morgan fingerprint density at radius 2 is 1.90 bits per heavy atom. The Hall–Kier alpha value is -1.88. The summed E-state index contributed by atoms with van der Waals surface area (Å²) >= 11 is 3.40. The first-order chi connectivity index (χ1) is 9.54. The van der Waals surface area contributed by atoms with Crippen molar-refractivity contribution in [3.05, 3.63) is 63.7 Å². The van der Waals surface area contributed by atoms with E-state index in [4.69, 9.17) is 0 Å². The fourth-order valence-electron chi connectivity index (χ4n) is 2.19. The molecule has 2 aromatic carbocycles. The Bertz CT molecular complexity index is 644. The molecule has 2 rings (SSSR count). The molecule has 0 N–H and O–H groups in total. The number of benzene rings is 2. The Balaban J connectivity index is 2.47. The van der Waals surface area contributed by atoms with Crippen LogP contribution in [0.15, 0.2) is 42.5 Å². The average Bonchev–Trinajstić information content (AvgIpc) is 2.46. The molecule has 0 aliphatic rings. The summed E-state index contributed by atoms with van der Waals surface area (Å²) in [5.74, 6) is 0. The molecule has 104 valence electrons. The molecule has 0 spiro atoms. The lowest BCUT2D eigenvalue weighted by molar-refractivity contribution is -0.384. The molecular weight excluding hydrogens is 320 g/mol. The fourth-order valence-corrected chi connectivity index (χ4v) is 2.64. The number of hydrogen-bond acceptors (Lipinski definition) is 3.